The van der Waals surface area contributed by atoms with Crippen molar-refractivity contribution >= 4 is 5.91 Å². The Balaban J connectivity index is 1.40. The number of rotatable bonds is 6. The Kier molecular flexibility index (Phi) is 6.66. The Labute approximate surface area is 175 Å². The van der Waals surface area contributed by atoms with Crippen LogP contribution >= 0.6 is 0 Å². The zero-order valence-corrected chi connectivity index (χ0v) is 17.7. The fraction of sp³-hybridized carbons (Fsp3) is 0.500. The number of piperazine rings is 1. The van der Waals surface area contributed by atoms with E-state index >= 15 is 0 Å². The summed E-state index contributed by atoms with van der Waals surface area (Å²) in [7, 11) is 0. The largest absolute Gasteiger partial charge is 0.340 e. The molecule has 3 nitrogen and oxygen atoms in total. The van der Waals surface area contributed by atoms with Crippen molar-refractivity contribution in [1.82, 2.24) is 9.80 Å². The van der Waals surface area contributed by atoms with Gasteiger partial charge in [-0.3, -0.25) is 9.69 Å². The van der Waals surface area contributed by atoms with Gasteiger partial charge < -0.3 is 4.90 Å². The summed E-state index contributed by atoms with van der Waals surface area (Å²) in [4.78, 5) is 17.4. The van der Waals surface area contributed by atoms with E-state index in [1.54, 1.807) is 0 Å². The smallest absolute Gasteiger partial charge is 0.222 e. The van der Waals surface area contributed by atoms with Crippen molar-refractivity contribution < 1.29 is 4.79 Å². The molecule has 0 aromatic heterocycles. The third kappa shape index (κ3) is 5.08. The number of aryl methyl sites for hydroxylation is 1. The molecule has 1 amide bonds. The van der Waals surface area contributed by atoms with Gasteiger partial charge in [0.15, 0.2) is 0 Å². The molecule has 4 rings (SSSR count). The van der Waals surface area contributed by atoms with Crippen molar-refractivity contribution in [3.63, 3.8) is 0 Å². The minimum Gasteiger partial charge on any atom is -0.340 e. The van der Waals surface area contributed by atoms with Crippen LogP contribution in [0.1, 0.15) is 61.3 Å². The third-order valence-electron chi connectivity index (χ3n) is 6.78. The van der Waals surface area contributed by atoms with Gasteiger partial charge >= 0.3 is 0 Å². The molecule has 0 N–H and O–H groups in total. The highest BCUT2D eigenvalue weighted by Crippen LogP contribution is 2.31. The van der Waals surface area contributed by atoms with E-state index in [4.69, 9.17) is 0 Å². The Bertz CT molecular complexity index is 772. The molecule has 0 bridgehead atoms. The predicted molar refractivity (Wildman–Crippen MR) is 119 cm³/mol. The van der Waals surface area contributed by atoms with Gasteiger partial charge in [0.05, 0.1) is 6.04 Å². The van der Waals surface area contributed by atoms with Crippen LogP contribution < -0.4 is 0 Å². The molecule has 1 saturated heterocycles. The van der Waals surface area contributed by atoms with Gasteiger partial charge in [0.1, 0.15) is 0 Å². The van der Waals surface area contributed by atoms with Crippen LogP contribution in [0, 0.1) is 12.8 Å². The Morgan fingerprint density at radius 1 is 0.897 bits per heavy atom. The first-order chi connectivity index (χ1) is 14.2. The molecule has 1 heterocycles. The topological polar surface area (TPSA) is 23.6 Å². The normalized spacial score (nSPS) is 19.4. The van der Waals surface area contributed by atoms with Gasteiger partial charge in [-0.05, 0) is 30.4 Å². The Morgan fingerprint density at radius 2 is 1.52 bits per heavy atom. The maximum atomic E-state index is 12.7. The molecule has 1 saturated carbocycles. The number of amides is 1. The molecule has 1 atom stereocenters. The lowest BCUT2D eigenvalue weighted by molar-refractivity contribution is -0.133. The zero-order valence-electron chi connectivity index (χ0n) is 17.7. The summed E-state index contributed by atoms with van der Waals surface area (Å²) in [6, 6.07) is 20.0. The SMILES string of the molecule is Cc1ccc([C@H](c2ccccc2)N2CCN(C(=O)CCC3CCCC3)CC2)cc1. The Morgan fingerprint density at radius 3 is 2.17 bits per heavy atom. The second-order valence-electron chi connectivity index (χ2n) is 8.83. The summed E-state index contributed by atoms with van der Waals surface area (Å²) in [5, 5.41) is 0. The van der Waals surface area contributed by atoms with E-state index in [1.165, 1.54) is 42.4 Å². The molecule has 0 spiro atoms. The van der Waals surface area contributed by atoms with Crippen LogP contribution in [0.4, 0.5) is 0 Å². The first-order valence-electron chi connectivity index (χ1n) is 11.3. The minimum atomic E-state index is 0.257. The Hall–Kier alpha value is -2.13. The van der Waals surface area contributed by atoms with Crippen LogP contribution in [0.2, 0.25) is 0 Å². The van der Waals surface area contributed by atoms with E-state index in [1.807, 2.05) is 0 Å². The summed E-state index contributed by atoms with van der Waals surface area (Å²) < 4.78 is 0. The van der Waals surface area contributed by atoms with Crippen LogP contribution in [0.25, 0.3) is 0 Å². The summed E-state index contributed by atoms with van der Waals surface area (Å²) in [5.41, 5.74) is 3.96. The monoisotopic (exact) mass is 390 g/mol. The zero-order chi connectivity index (χ0) is 20.1. The van der Waals surface area contributed by atoms with Gasteiger partial charge in [0, 0.05) is 32.6 Å². The van der Waals surface area contributed by atoms with Gasteiger partial charge in [-0.1, -0.05) is 85.8 Å². The van der Waals surface area contributed by atoms with Gasteiger partial charge in [0.2, 0.25) is 5.91 Å². The third-order valence-corrected chi connectivity index (χ3v) is 6.78. The average molecular weight is 391 g/mol. The van der Waals surface area contributed by atoms with Gasteiger partial charge in [-0.25, -0.2) is 0 Å². The fourth-order valence-electron chi connectivity index (χ4n) is 5.01. The van der Waals surface area contributed by atoms with E-state index in [2.05, 4.69) is 71.3 Å². The molecule has 2 aromatic carbocycles. The van der Waals surface area contributed by atoms with Crippen molar-refractivity contribution in [3.8, 4) is 0 Å². The molecular formula is C26H34N2O. The van der Waals surface area contributed by atoms with Crippen molar-refractivity contribution in [3.05, 3.63) is 71.3 Å². The van der Waals surface area contributed by atoms with Gasteiger partial charge in [-0.2, -0.15) is 0 Å². The number of hydrogen-bond donors (Lipinski definition) is 0. The summed E-state index contributed by atoms with van der Waals surface area (Å²) in [6.45, 7) is 5.69. The predicted octanol–water partition coefficient (Wildman–Crippen LogP) is 5.20. The first kappa shape index (κ1) is 20.2. The molecule has 2 aromatic rings. The van der Waals surface area contributed by atoms with E-state index in [9.17, 15) is 4.79 Å². The minimum absolute atomic E-state index is 0.257. The maximum absolute atomic E-state index is 12.7. The molecule has 29 heavy (non-hydrogen) atoms. The number of nitrogens with zero attached hydrogens (tertiary/aromatic N) is 2. The van der Waals surface area contributed by atoms with Crippen LogP contribution in [-0.2, 0) is 4.79 Å². The van der Waals surface area contributed by atoms with Gasteiger partial charge in [0.25, 0.3) is 0 Å². The number of hydrogen-bond acceptors (Lipinski definition) is 2. The molecule has 2 fully saturated rings. The maximum Gasteiger partial charge on any atom is 0.222 e. The van der Waals surface area contributed by atoms with Crippen LogP contribution in [0.3, 0.4) is 0 Å². The van der Waals surface area contributed by atoms with Crippen LogP contribution in [0.5, 0.6) is 0 Å². The van der Waals surface area contributed by atoms with E-state index < -0.39 is 0 Å². The quantitative estimate of drug-likeness (QED) is 0.677. The highest BCUT2D eigenvalue weighted by atomic mass is 16.2. The highest BCUT2D eigenvalue weighted by Gasteiger charge is 2.28. The number of carbonyl (C=O) groups is 1. The van der Waals surface area contributed by atoms with Crippen molar-refractivity contribution in [2.24, 2.45) is 5.92 Å². The van der Waals surface area contributed by atoms with Crippen LogP contribution in [-0.4, -0.2) is 41.9 Å². The molecule has 3 heteroatoms. The molecule has 0 radical (unpaired) electrons. The number of benzene rings is 2. The average Bonchev–Trinajstić information content (AvgIpc) is 3.29. The molecule has 2 aliphatic rings. The van der Waals surface area contributed by atoms with E-state index in [0.717, 1.165) is 44.9 Å². The lowest BCUT2D eigenvalue weighted by atomic mass is 9.95. The molecule has 1 aliphatic carbocycles. The summed E-state index contributed by atoms with van der Waals surface area (Å²) in [5.74, 6) is 1.16. The second-order valence-corrected chi connectivity index (χ2v) is 8.83. The van der Waals surface area contributed by atoms with E-state index in [-0.39, 0.29) is 6.04 Å². The molecule has 1 aliphatic heterocycles. The lowest BCUT2D eigenvalue weighted by Crippen LogP contribution is -2.49. The second kappa shape index (κ2) is 9.58. The van der Waals surface area contributed by atoms with Gasteiger partial charge in [-0.15, -0.1) is 0 Å². The van der Waals surface area contributed by atoms with E-state index in [0.29, 0.717) is 5.91 Å². The highest BCUT2D eigenvalue weighted by molar-refractivity contribution is 5.76. The standard InChI is InChI=1S/C26H34N2O/c1-21-11-14-24(15-12-21)26(23-9-3-2-4-10-23)28-19-17-27(18-20-28)25(29)16-13-22-7-5-6-8-22/h2-4,9-12,14-15,22,26H,5-8,13,16-20H2,1H3/t26-/m0/s1. The van der Waals surface area contributed by atoms with Crippen molar-refractivity contribution in [1.29, 1.82) is 0 Å². The lowest BCUT2D eigenvalue weighted by Gasteiger charge is -2.40. The molecule has 154 valence electrons. The number of carbonyl (C=O) groups excluding carboxylic acids is 1. The fourth-order valence-corrected chi connectivity index (χ4v) is 5.01. The van der Waals surface area contributed by atoms with Crippen molar-refractivity contribution in [2.75, 3.05) is 26.2 Å². The molecular weight excluding hydrogens is 356 g/mol. The van der Waals surface area contributed by atoms with Crippen molar-refractivity contribution in [2.45, 2.75) is 51.5 Å². The van der Waals surface area contributed by atoms with Crippen LogP contribution in [0.15, 0.2) is 54.6 Å². The molecule has 0 unspecified atom stereocenters. The summed E-state index contributed by atoms with van der Waals surface area (Å²) >= 11 is 0. The summed E-state index contributed by atoms with van der Waals surface area (Å²) in [6.07, 6.45) is 7.21. The first-order valence-corrected chi connectivity index (χ1v) is 11.3.